The van der Waals surface area contributed by atoms with Crippen LogP contribution in [0.1, 0.15) is 22.8 Å². The third-order valence-electron chi connectivity index (χ3n) is 3.56. The molecule has 0 heterocycles. The number of carbonyl (C=O) groups is 2. The lowest BCUT2D eigenvalue weighted by Crippen LogP contribution is -2.30. The lowest BCUT2D eigenvalue weighted by atomic mass is 10.1. The molecule has 0 saturated carbocycles. The van der Waals surface area contributed by atoms with E-state index in [-0.39, 0.29) is 5.56 Å². The number of benzene rings is 2. The molecule has 0 aliphatic rings. The van der Waals surface area contributed by atoms with Crippen LogP contribution >= 0.6 is 0 Å². The SMILES string of the molecule is COc1ccccc1NC(=O)C(C)OC(=O)c1cccc(C)c1N. The Morgan fingerprint density at radius 3 is 2.54 bits per heavy atom. The molecule has 1 atom stereocenters. The monoisotopic (exact) mass is 328 g/mol. The molecule has 1 unspecified atom stereocenters. The number of nitrogens with one attached hydrogen (secondary N) is 1. The van der Waals surface area contributed by atoms with Crippen molar-refractivity contribution in [3.63, 3.8) is 0 Å². The Bertz CT molecular complexity index is 758. The third kappa shape index (κ3) is 3.84. The minimum absolute atomic E-state index is 0.243. The van der Waals surface area contributed by atoms with E-state index in [9.17, 15) is 9.59 Å². The molecule has 3 N–H and O–H groups in total. The summed E-state index contributed by atoms with van der Waals surface area (Å²) in [5.41, 5.74) is 7.74. The molecule has 0 bridgehead atoms. The Kier molecular flexibility index (Phi) is 5.42. The fraction of sp³-hybridized carbons (Fsp3) is 0.222. The molecule has 6 heteroatoms. The summed E-state index contributed by atoms with van der Waals surface area (Å²) in [4.78, 5) is 24.4. The van der Waals surface area contributed by atoms with E-state index >= 15 is 0 Å². The summed E-state index contributed by atoms with van der Waals surface area (Å²) in [7, 11) is 1.51. The number of esters is 1. The first-order chi connectivity index (χ1) is 11.4. The van der Waals surface area contributed by atoms with Crippen LogP contribution in [0, 0.1) is 6.92 Å². The zero-order valence-corrected chi connectivity index (χ0v) is 13.8. The summed E-state index contributed by atoms with van der Waals surface area (Å²) in [6.07, 6.45) is -0.984. The first-order valence-corrected chi connectivity index (χ1v) is 7.44. The van der Waals surface area contributed by atoms with Gasteiger partial charge in [-0.3, -0.25) is 4.79 Å². The molecule has 1 amide bonds. The highest BCUT2D eigenvalue weighted by molar-refractivity contribution is 6.00. The minimum Gasteiger partial charge on any atom is -0.495 e. The summed E-state index contributed by atoms with van der Waals surface area (Å²) in [5.74, 6) is -0.578. The van der Waals surface area contributed by atoms with E-state index in [2.05, 4.69) is 5.32 Å². The molecule has 2 rings (SSSR count). The van der Waals surface area contributed by atoms with Crippen LogP contribution in [0.15, 0.2) is 42.5 Å². The van der Waals surface area contributed by atoms with E-state index in [1.807, 2.05) is 0 Å². The highest BCUT2D eigenvalue weighted by atomic mass is 16.5. The Morgan fingerprint density at radius 1 is 1.12 bits per heavy atom. The summed E-state index contributed by atoms with van der Waals surface area (Å²) in [6, 6.07) is 12.0. The topological polar surface area (TPSA) is 90.6 Å². The van der Waals surface area contributed by atoms with Gasteiger partial charge in [0.15, 0.2) is 6.10 Å². The number of rotatable bonds is 5. The molecule has 0 spiro atoms. The van der Waals surface area contributed by atoms with Gasteiger partial charge in [0.05, 0.1) is 18.4 Å². The Balaban J connectivity index is 2.06. The molecule has 2 aromatic rings. The first kappa shape index (κ1) is 17.3. The quantitative estimate of drug-likeness (QED) is 0.650. The van der Waals surface area contributed by atoms with Crippen molar-refractivity contribution < 1.29 is 19.1 Å². The maximum atomic E-state index is 12.2. The minimum atomic E-state index is -0.984. The van der Waals surface area contributed by atoms with Crippen molar-refractivity contribution in [3.8, 4) is 5.75 Å². The number of amides is 1. The maximum absolute atomic E-state index is 12.2. The molecule has 24 heavy (non-hydrogen) atoms. The van der Waals surface area contributed by atoms with Gasteiger partial charge in [0, 0.05) is 5.69 Å². The van der Waals surface area contributed by atoms with Crippen molar-refractivity contribution in [2.75, 3.05) is 18.2 Å². The van der Waals surface area contributed by atoms with E-state index < -0.39 is 18.0 Å². The predicted octanol–water partition coefficient (Wildman–Crippen LogP) is 2.77. The second-order valence-electron chi connectivity index (χ2n) is 5.27. The zero-order valence-electron chi connectivity index (χ0n) is 13.8. The smallest absolute Gasteiger partial charge is 0.341 e. The maximum Gasteiger partial charge on any atom is 0.341 e. The molecule has 0 aromatic heterocycles. The van der Waals surface area contributed by atoms with E-state index in [0.717, 1.165) is 5.56 Å². The molecule has 0 aliphatic carbocycles. The first-order valence-electron chi connectivity index (χ1n) is 7.44. The second-order valence-corrected chi connectivity index (χ2v) is 5.27. The Morgan fingerprint density at radius 2 is 1.83 bits per heavy atom. The molecule has 6 nitrogen and oxygen atoms in total. The summed E-state index contributed by atoms with van der Waals surface area (Å²) < 4.78 is 10.4. The van der Waals surface area contributed by atoms with Gasteiger partial charge in [-0.05, 0) is 37.6 Å². The van der Waals surface area contributed by atoms with Crippen molar-refractivity contribution in [1.29, 1.82) is 0 Å². The number of aryl methyl sites for hydroxylation is 1. The Labute approximate surface area is 140 Å². The number of nitrogen functional groups attached to an aromatic ring is 1. The fourth-order valence-electron chi connectivity index (χ4n) is 2.12. The highest BCUT2D eigenvalue weighted by Gasteiger charge is 2.21. The summed E-state index contributed by atoms with van der Waals surface area (Å²) >= 11 is 0. The van der Waals surface area contributed by atoms with E-state index in [1.165, 1.54) is 14.0 Å². The number of hydrogen-bond donors (Lipinski definition) is 2. The Hall–Kier alpha value is -3.02. The van der Waals surface area contributed by atoms with E-state index in [4.69, 9.17) is 15.2 Å². The number of para-hydroxylation sites is 3. The number of nitrogens with two attached hydrogens (primary N) is 1. The van der Waals surface area contributed by atoms with Crippen molar-refractivity contribution >= 4 is 23.3 Å². The molecule has 126 valence electrons. The molecular formula is C18H20N2O4. The third-order valence-corrected chi connectivity index (χ3v) is 3.56. The molecular weight excluding hydrogens is 308 g/mol. The fourth-order valence-corrected chi connectivity index (χ4v) is 2.12. The van der Waals surface area contributed by atoms with Crippen molar-refractivity contribution in [2.45, 2.75) is 20.0 Å². The lowest BCUT2D eigenvalue weighted by Gasteiger charge is -2.16. The molecule has 0 aliphatic heterocycles. The zero-order chi connectivity index (χ0) is 17.7. The van der Waals surface area contributed by atoms with Gasteiger partial charge in [-0.15, -0.1) is 0 Å². The van der Waals surface area contributed by atoms with Gasteiger partial charge >= 0.3 is 5.97 Å². The van der Waals surface area contributed by atoms with Crippen LogP contribution < -0.4 is 15.8 Å². The average molecular weight is 328 g/mol. The van der Waals surface area contributed by atoms with Gasteiger partial charge in [0.2, 0.25) is 0 Å². The van der Waals surface area contributed by atoms with Crippen LogP contribution in [0.25, 0.3) is 0 Å². The van der Waals surface area contributed by atoms with Gasteiger partial charge in [0.25, 0.3) is 5.91 Å². The van der Waals surface area contributed by atoms with Crippen LogP contribution in [-0.4, -0.2) is 25.1 Å². The summed E-state index contributed by atoms with van der Waals surface area (Å²) in [6.45, 7) is 3.29. The number of hydrogen-bond acceptors (Lipinski definition) is 5. The number of anilines is 2. The van der Waals surface area contributed by atoms with Crippen LogP contribution in [0.2, 0.25) is 0 Å². The summed E-state index contributed by atoms with van der Waals surface area (Å²) in [5, 5.41) is 2.67. The molecule has 0 saturated heterocycles. The van der Waals surface area contributed by atoms with Gasteiger partial charge in [0.1, 0.15) is 5.75 Å². The highest BCUT2D eigenvalue weighted by Crippen LogP contribution is 2.23. The predicted molar refractivity (Wildman–Crippen MR) is 92.1 cm³/mol. The van der Waals surface area contributed by atoms with E-state index in [0.29, 0.717) is 17.1 Å². The van der Waals surface area contributed by atoms with E-state index in [1.54, 1.807) is 49.4 Å². The van der Waals surface area contributed by atoms with Gasteiger partial charge in [-0.25, -0.2) is 4.79 Å². The largest absolute Gasteiger partial charge is 0.495 e. The van der Waals surface area contributed by atoms with Crippen LogP contribution in [0.5, 0.6) is 5.75 Å². The van der Waals surface area contributed by atoms with Gasteiger partial charge in [-0.1, -0.05) is 24.3 Å². The molecule has 2 aromatic carbocycles. The van der Waals surface area contributed by atoms with Crippen molar-refractivity contribution in [1.82, 2.24) is 0 Å². The molecule has 0 fully saturated rings. The van der Waals surface area contributed by atoms with Crippen molar-refractivity contribution in [3.05, 3.63) is 53.6 Å². The van der Waals surface area contributed by atoms with Gasteiger partial charge < -0.3 is 20.5 Å². The standard InChI is InChI=1S/C18H20N2O4/c1-11-7-6-8-13(16(11)19)18(22)24-12(2)17(21)20-14-9-4-5-10-15(14)23-3/h4-10,12H,19H2,1-3H3,(H,20,21). The average Bonchev–Trinajstić information content (AvgIpc) is 2.57. The lowest BCUT2D eigenvalue weighted by molar-refractivity contribution is -0.123. The van der Waals surface area contributed by atoms with Crippen LogP contribution in [0.4, 0.5) is 11.4 Å². The molecule has 0 radical (unpaired) electrons. The number of ether oxygens (including phenoxy) is 2. The number of methoxy groups -OCH3 is 1. The van der Waals surface area contributed by atoms with Gasteiger partial charge in [-0.2, -0.15) is 0 Å². The van der Waals surface area contributed by atoms with Crippen LogP contribution in [0.3, 0.4) is 0 Å². The number of carbonyl (C=O) groups excluding carboxylic acids is 2. The van der Waals surface area contributed by atoms with Crippen LogP contribution in [-0.2, 0) is 9.53 Å². The normalized spacial score (nSPS) is 11.5. The second kappa shape index (κ2) is 7.50. The van der Waals surface area contributed by atoms with Crippen molar-refractivity contribution in [2.24, 2.45) is 0 Å².